The van der Waals surface area contributed by atoms with Crippen molar-refractivity contribution in [3.63, 3.8) is 0 Å². The van der Waals surface area contributed by atoms with Gasteiger partial charge in [0.15, 0.2) is 0 Å². The van der Waals surface area contributed by atoms with Gasteiger partial charge in [0.2, 0.25) is 23.6 Å². The maximum Gasteiger partial charge on any atom is 0.219 e. The Morgan fingerprint density at radius 1 is 0.708 bits per heavy atom. The van der Waals surface area contributed by atoms with Gasteiger partial charge in [0.25, 0.3) is 0 Å². The second-order valence-corrected chi connectivity index (χ2v) is 7.66. The lowest BCUT2D eigenvalue weighted by molar-refractivity contribution is 0.274. The van der Waals surface area contributed by atoms with Crippen LogP contribution in [0.4, 0.5) is 0 Å². The van der Waals surface area contributed by atoms with Gasteiger partial charge in [-0.25, -0.2) is 0 Å². The van der Waals surface area contributed by atoms with Crippen molar-refractivity contribution in [1.82, 2.24) is 20.4 Å². The molecule has 24 heavy (non-hydrogen) atoms. The molecule has 0 aliphatic heterocycles. The number of hydrogen-bond donors (Lipinski definition) is 0. The van der Waals surface area contributed by atoms with Crippen LogP contribution in [0.25, 0.3) is 0 Å². The number of nitrogens with zero attached hydrogens (tertiary/aromatic N) is 4. The third-order valence-electron chi connectivity index (χ3n) is 5.71. The summed E-state index contributed by atoms with van der Waals surface area (Å²) in [5.74, 6) is 5.13. The fourth-order valence-electron chi connectivity index (χ4n) is 4.30. The van der Waals surface area contributed by atoms with Crippen LogP contribution in [0.5, 0.6) is 0 Å². The van der Waals surface area contributed by atoms with E-state index >= 15 is 0 Å². The van der Waals surface area contributed by atoms with Crippen molar-refractivity contribution in [3.05, 3.63) is 23.6 Å². The van der Waals surface area contributed by atoms with E-state index in [1.807, 2.05) is 6.92 Å². The fraction of sp³-hybridized carbons (Fsp3) is 0.778. The van der Waals surface area contributed by atoms with Gasteiger partial charge in [-0.2, -0.15) is 0 Å². The lowest BCUT2D eigenvalue weighted by Crippen LogP contribution is -2.13. The summed E-state index contributed by atoms with van der Waals surface area (Å²) in [6.45, 7) is 4.16. The maximum atomic E-state index is 6.08. The topological polar surface area (TPSA) is 77.8 Å². The Hall–Kier alpha value is -1.72. The lowest BCUT2D eigenvalue weighted by atomic mass is 9.82. The predicted octanol–water partition coefficient (Wildman–Crippen LogP) is 4.50. The second kappa shape index (κ2) is 6.65. The molecule has 2 heterocycles. The van der Waals surface area contributed by atoms with Gasteiger partial charge in [-0.3, -0.25) is 0 Å². The molecule has 0 bridgehead atoms. The van der Waals surface area contributed by atoms with Crippen molar-refractivity contribution in [3.8, 4) is 0 Å². The fourth-order valence-corrected chi connectivity index (χ4v) is 4.30. The van der Waals surface area contributed by atoms with E-state index in [1.54, 1.807) is 0 Å². The van der Waals surface area contributed by atoms with E-state index in [-0.39, 0.29) is 0 Å². The lowest BCUT2D eigenvalue weighted by Gasteiger charge is -2.25. The van der Waals surface area contributed by atoms with Crippen LogP contribution in [-0.2, 0) is 0 Å². The van der Waals surface area contributed by atoms with Gasteiger partial charge in [-0.1, -0.05) is 19.8 Å². The molecule has 2 aromatic rings. The first kappa shape index (κ1) is 15.8. The zero-order valence-corrected chi connectivity index (χ0v) is 14.6. The standard InChI is InChI=1S/C18H26N4O2/c1-11-4-3-5-15(10-11)18-22-21-17(24-18)14-8-6-13(7-9-14)16-20-19-12(2)23-16/h11,13-15H,3-10H2,1-2H3. The Bertz CT molecular complexity index is 672. The van der Waals surface area contributed by atoms with E-state index in [0.29, 0.717) is 23.6 Å². The van der Waals surface area contributed by atoms with E-state index in [0.717, 1.165) is 49.3 Å². The molecule has 0 N–H and O–H groups in total. The van der Waals surface area contributed by atoms with E-state index in [2.05, 4.69) is 27.3 Å². The molecule has 0 saturated heterocycles. The molecule has 6 heteroatoms. The number of aromatic nitrogens is 4. The van der Waals surface area contributed by atoms with Crippen LogP contribution in [0.2, 0.25) is 0 Å². The summed E-state index contributed by atoms with van der Waals surface area (Å²) in [4.78, 5) is 0. The highest BCUT2D eigenvalue weighted by atomic mass is 16.4. The molecule has 2 unspecified atom stereocenters. The number of hydrogen-bond acceptors (Lipinski definition) is 6. The highest BCUT2D eigenvalue weighted by molar-refractivity contribution is 5.02. The van der Waals surface area contributed by atoms with Crippen LogP contribution in [0.3, 0.4) is 0 Å². The first-order chi connectivity index (χ1) is 11.7. The van der Waals surface area contributed by atoms with Gasteiger partial charge in [0.1, 0.15) is 0 Å². The van der Waals surface area contributed by atoms with Gasteiger partial charge in [-0.15, -0.1) is 20.4 Å². The minimum atomic E-state index is 0.379. The Morgan fingerprint density at radius 3 is 1.88 bits per heavy atom. The molecule has 0 radical (unpaired) electrons. The van der Waals surface area contributed by atoms with Gasteiger partial charge in [-0.05, 0) is 44.4 Å². The van der Waals surface area contributed by atoms with Crippen molar-refractivity contribution in [2.24, 2.45) is 5.92 Å². The van der Waals surface area contributed by atoms with Gasteiger partial charge in [0.05, 0.1) is 0 Å². The minimum Gasteiger partial charge on any atom is -0.425 e. The summed E-state index contributed by atoms with van der Waals surface area (Å²) in [6, 6.07) is 0. The predicted molar refractivity (Wildman–Crippen MR) is 87.7 cm³/mol. The molecule has 2 aliphatic carbocycles. The second-order valence-electron chi connectivity index (χ2n) is 7.66. The van der Waals surface area contributed by atoms with Gasteiger partial charge < -0.3 is 8.83 Å². The summed E-state index contributed by atoms with van der Waals surface area (Å²) < 4.78 is 11.7. The van der Waals surface area contributed by atoms with Gasteiger partial charge >= 0.3 is 0 Å². The van der Waals surface area contributed by atoms with Crippen LogP contribution >= 0.6 is 0 Å². The Labute approximate surface area is 142 Å². The zero-order chi connectivity index (χ0) is 16.5. The van der Waals surface area contributed by atoms with Crippen molar-refractivity contribution in [1.29, 1.82) is 0 Å². The summed E-state index contributed by atoms with van der Waals surface area (Å²) in [5, 5.41) is 16.9. The molecule has 0 amide bonds. The highest BCUT2D eigenvalue weighted by Gasteiger charge is 2.31. The molecule has 6 nitrogen and oxygen atoms in total. The average Bonchev–Trinajstić information content (AvgIpc) is 3.24. The molecule has 130 valence electrons. The number of aryl methyl sites for hydroxylation is 1. The Balaban J connectivity index is 1.37. The van der Waals surface area contributed by atoms with E-state index in [4.69, 9.17) is 8.83 Å². The van der Waals surface area contributed by atoms with Crippen LogP contribution in [0.1, 0.15) is 99.6 Å². The summed E-state index contributed by atoms with van der Waals surface area (Å²) in [6.07, 6.45) is 9.17. The first-order valence-electron chi connectivity index (χ1n) is 9.32. The molecular weight excluding hydrogens is 304 g/mol. The molecule has 2 aromatic heterocycles. The quantitative estimate of drug-likeness (QED) is 0.824. The SMILES string of the molecule is Cc1nnc(C2CCC(c3nnc(C4CCCC(C)C4)o3)CC2)o1. The minimum absolute atomic E-state index is 0.379. The summed E-state index contributed by atoms with van der Waals surface area (Å²) in [7, 11) is 0. The largest absolute Gasteiger partial charge is 0.425 e. The van der Waals surface area contributed by atoms with Crippen LogP contribution in [0, 0.1) is 12.8 Å². The van der Waals surface area contributed by atoms with Crippen LogP contribution < -0.4 is 0 Å². The monoisotopic (exact) mass is 330 g/mol. The van der Waals surface area contributed by atoms with Crippen LogP contribution in [-0.4, -0.2) is 20.4 Å². The molecule has 2 fully saturated rings. The Morgan fingerprint density at radius 2 is 1.29 bits per heavy atom. The zero-order valence-electron chi connectivity index (χ0n) is 14.6. The van der Waals surface area contributed by atoms with Crippen molar-refractivity contribution < 1.29 is 8.83 Å². The average molecular weight is 330 g/mol. The van der Waals surface area contributed by atoms with Crippen LogP contribution in [0.15, 0.2) is 8.83 Å². The molecule has 2 aliphatic rings. The third-order valence-corrected chi connectivity index (χ3v) is 5.71. The third kappa shape index (κ3) is 3.23. The van der Waals surface area contributed by atoms with Gasteiger partial charge in [0, 0.05) is 24.7 Å². The molecule has 2 atom stereocenters. The highest BCUT2D eigenvalue weighted by Crippen LogP contribution is 2.41. The smallest absolute Gasteiger partial charge is 0.219 e. The Kier molecular flexibility index (Phi) is 4.37. The van der Waals surface area contributed by atoms with E-state index < -0.39 is 0 Å². The maximum absolute atomic E-state index is 6.08. The normalized spacial score (nSPS) is 31.2. The van der Waals surface area contributed by atoms with Crippen molar-refractivity contribution >= 4 is 0 Å². The van der Waals surface area contributed by atoms with E-state index in [1.165, 1.54) is 25.7 Å². The molecule has 0 spiro atoms. The number of rotatable bonds is 3. The van der Waals surface area contributed by atoms with E-state index in [9.17, 15) is 0 Å². The van der Waals surface area contributed by atoms with Crippen molar-refractivity contribution in [2.45, 2.75) is 83.0 Å². The first-order valence-corrected chi connectivity index (χ1v) is 9.32. The molecular formula is C18H26N4O2. The van der Waals surface area contributed by atoms with Crippen molar-refractivity contribution in [2.75, 3.05) is 0 Å². The molecule has 2 saturated carbocycles. The summed E-state index contributed by atoms with van der Waals surface area (Å²) in [5.41, 5.74) is 0. The molecule has 4 rings (SSSR count). The summed E-state index contributed by atoms with van der Waals surface area (Å²) >= 11 is 0. The molecule has 0 aromatic carbocycles.